The van der Waals surface area contributed by atoms with E-state index in [1.165, 1.54) is 0 Å². The number of nitrogens with one attached hydrogen (secondary N) is 4. The number of unbranched alkanes of at least 4 members (excludes halogenated alkanes) is 1. The zero-order valence-electron chi connectivity index (χ0n) is 12.4. The first kappa shape index (κ1) is 17.2. The summed E-state index contributed by atoms with van der Waals surface area (Å²) in [5, 5.41) is 9.29. The normalized spacial score (nSPS) is 24.9. The lowest BCUT2D eigenvalue weighted by atomic mass is 10.0. The molecule has 0 aromatic carbocycles. The Morgan fingerprint density at radius 3 is 2.87 bits per heavy atom. The number of carbonyl (C=O) groups is 3. The van der Waals surface area contributed by atoms with Crippen LogP contribution in [0.1, 0.15) is 25.7 Å². The molecule has 0 bridgehead atoms. The Balaban J connectivity index is 1.55. The minimum absolute atomic E-state index is 0.0962. The number of rotatable bonds is 7. The van der Waals surface area contributed by atoms with Crippen LogP contribution in [0.15, 0.2) is 5.11 Å². The van der Waals surface area contributed by atoms with Crippen molar-refractivity contribution in [2.24, 2.45) is 5.11 Å². The average Bonchev–Trinajstić information content (AvgIpc) is 3.07. The second-order valence-electron chi connectivity index (χ2n) is 5.35. The summed E-state index contributed by atoms with van der Waals surface area (Å²) in [7, 11) is 0. The van der Waals surface area contributed by atoms with Crippen molar-refractivity contribution in [2.75, 3.05) is 12.3 Å². The number of azide groups is 1. The molecule has 2 fully saturated rings. The molecule has 2 rings (SSSR count). The van der Waals surface area contributed by atoms with Crippen LogP contribution in [0.3, 0.4) is 0 Å². The summed E-state index contributed by atoms with van der Waals surface area (Å²) < 4.78 is 0. The van der Waals surface area contributed by atoms with Gasteiger partial charge >= 0.3 is 6.03 Å². The molecule has 0 aromatic heterocycles. The molecule has 0 aromatic rings. The Morgan fingerprint density at radius 1 is 1.30 bits per heavy atom. The van der Waals surface area contributed by atoms with Crippen molar-refractivity contribution in [3.8, 4) is 0 Å². The van der Waals surface area contributed by atoms with Gasteiger partial charge in [-0.25, -0.2) is 4.79 Å². The fourth-order valence-electron chi connectivity index (χ4n) is 2.61. The van der Waals surface area contributed by atoms with Crippen molar-refractivity contribution >= 4 is 29.6 Å². The van der Waals surface area contributed by atoms with Gasteiger partial charge in [0.05, 0.1) is 12.1 Å². The summed E-state index contributed by atoms with van der Waals surface area (Å²) in [5.41, 5.74) is 12.5. The third-order valence-electron chi connectivity index (χ3n) is 3.70. The highest BCUT2D eigenvalue weighted by atomic mass is 32.2. The van der Waals surface area contributed by atoms with Gasteiger partial charge in [-0.15, -0.1) is 0 Å². The zero-order valence-corrected chi connectivity index (χ0v) is 13.3. The van der Waals surface area contributed by atoms with Gasteiger partial charge in [0.1, 0.15) is 6.54 Å². The van der Waals surface area contributed by atoms with E-state index in [9.17, 15) is 14.4 Å². The van der Waals surface area contributed by atoms with Gasteiger partial charge in [-0.05, 0) is 18.4 Å². The molecule has 23 heavy (non-hydrogen) atoms. The van der Waals surface area contributed by atoms with Crippen LogP contribution < -0.4 is 21.5 Å². The Bertz CT molecular complexity index is 523. The fourth-order valence-corrected chi connectivity index (χ4v) is 4.15. The Labute approximate surface area is 137 Å². The van der Waals surface area contributed by atoms with E-state index in [0.29, 0.717) is 18.1 Å². The maximum Gasteiger partial charge on any atom is 0.315 e. The van der Waals surface area contributed by atoms with Crippen LogP contribution >= 0.6 is 11.8 Å². The van der Waals surface area contributed by atoms with E-state index < -0.39 is 5.91 Å². The molecular formula is C12H19N7O3S. The van der Waals surface area contributed by atoms with E-state index in [1.807, 2.05) is 11.8 Å². The number of nitrogens with zero attached hydrogens (tertiary/aromatic N) is 3. The number of hydrogen-bond acceptors (Lipinski definition) is 5. The number of hydrogen-bond donors (Lipinski definition) is 4. The molecule has 11 heteroatoms. The highest BCUT2D eigenvalue weighted by Crippen LogP contribution is 2.33. The van der Waals surface area contributed by atoms with Crippen molar-refractivity contribution < 1.29 is 14.4 Å². The number of urea groups is 1. The first-order valence-electron chi connectivity index (χ1n) is 7.37. The largest absolute Gasteiger partial charge is 0.332 e. The number of thioether (sulfide) groups is 1. The third-order valence-corrected chi connectivity index (χ3v) is 5.21. The number of hydrazine groups is 1. The number of carbonyl (C=O) groups excluding carboxylic acids is 3. The molecule has 10 nitrogen and oxygen atoms in total. The van der Waals surface area contributed by atoms with Crippen LogP contribution in [-0.4, -0.2) is 47.5 Å². The second-order valence-corrected chi connectivity index (χ2v) is 6.63. The molecule has 0 spiro atoms. The van der Waals surface area contributed by atoms with Gasteiger partial charge in [0.2, 0.25) is 11.8 Å². The van der Waals surface area contributed by atoms with Crippen LogP contribution in [0.4, 0.5) is 4.79 Å². The summed E-state index contributed by atoms with van der Waals surface area (Å²) in [4.78, 5) is 36.4. The van der Waals surface area contributed by atoms with Crippen LogP contribution in [0.5, 0.6) is 0 Å². The van der Waals surface area contributed by atoms with Crippen molar-refractivity contribution in [1.82, 2.24) is 21.5 Å². The van der Waals surface area contributed by atoms with E-state index in [-0.39, 0.29) is 30.6 Å². The van der Waals surface area contributed by atoms with Gasteiger partial charge in [-0.2, -0.15) is 11.8 Å². The molecule has 0 aliphatic carbocycles. The monoisotopic (exact) mass is 341 g/mol. The van der Waals surface area contributed by atoms with Crippen LogP contribution in [-0.2, 0) is 9.59 Å². The molecule has 4 amide bonds. The molecule has 0 radical (unpaired) electrons. The van der Waals surface area contributed by atoms with Gasteiger partial charge in [0.15, 0.2) is 0 Å². The molecule has 2 saturated heterocycles. The van der Waals surface area contributed by atoms with Gasteiger partial charge in [-0.3, -0.25) is 20.4 Å². The SMILES string of the molecule is [N-]=[N+]=NCC(=O)NNC(=O)CCCCC1SCC2NC(=O)NC21. The lowest BCUT2D eigenvalue weighted by Gasteiger charge is -2.16. The van der Waals surface area contributed by atoms with Crippen LogP contribution in [0.2, 0.25) is 0 Å². The van der Waals surface area contributed by atoms with Crippen molar-refractivity contribution in [3.05, 3.63) is 10.4 Å². The first-order valence-corrected chi connectivity index (χ1v) is 8.42. The molecule has 2 aliphatic heterocycles. The minimum atomic E-state index is -0.561. The molecule has 3 unspecified atom stereocenters. The summed E-state index contributed by atoms with van der Waals surface area (Å²) in [5.74, 6) is 0.0762. The van der Waals surface area contributed by atoms with E-state index in [0.717, 1.165) is 18.6 Å². The van der Waals surface area contributed by atoms with E-state index >= 15 is 0 Å². The fraction of sp³-hybridized carbons (Fsp3) is 0.750. The highest BCUT2D eigenvalue weighted by Gasteiger charge is 2.42. The standard InChI is InChI=1S/C12H19N7O3S/c13-19-14-5-10(21)18-17-9(20)4-2-1-3-8-11-7(6-23-8)15-12(22)16-11/h7-8,11H,1-6H2,(H,17,20)(H,18,21)(H2,15,16,22). The first-order chi connectivity index (χ1) is 11.1. The van der Waals surface area contributed by atoms with E-state index in [2.05, 4.69) is 31.5 Å². The Kier molecular flexibility index (Phi) is 6.36. The van der Waals surface area contributed by atoms with Crippen molar-refractivity contribution in [1.29, 1.82) is 0 Å². The second kappa shape index (κ2) is 8.49. The Hall–Kier alpha value is -2.13. The average molecular weight is 341 g/mol. The van der Waals surface area contributed by atoms with Gasteiger partial charge in [0.25, 0.3) is 0 Å². The summed E-state index contributed by atoms with van der Waals surface area (Å²) in [6.07, 6.45) is 2.81. The third kappa shape index (κ3) is 5.22. The summed E-state index contributed by atoms with van der Waals surface area (Å²) in [6.45, 7) is -0.349. The lowest BCUT2D eigenvalue weighted by molar-refractivity contribution is -0.128. The lowest BCUT2D eigenvalue weighted by Crippen LogP contribution is -2.42. The van der Waals surface area contributed by atoms with E-state index in [1.54, 1.807) is 0 Å². The van der Waals surface area contributed by atoms with Crippen molar-refractivity contribution in [2.45, 2.75) is 43.0 Å². The van der Waals surface area contributed by atoms with E-state index in [4.69, 9.17) is 5.53 Å². The Morgan fingerprint density at radius 2 is 2.09 bits per heavy atom. The predicted octanol–water partition coefficient (Wildman–Crippen LogP) is 0.170. The molecule has 0 saturated carbocycles. The topological polar surface area (TPSA) is 148 Å². The smallest absolute Gasteiger partial charge is 0.315 e. The maximum atomic E-state index is 11.5. The molecule has 4 N–H and O–H groups in total. The maximum absolute atomic E-state index is 11.5. The summed E-state index contributed by atoms with van der Waals surface area (Å²) >= 11 is 1.84. The molecular weight excluding hydrogens is 322 g/mol. The van der Waals surface area contributed by atoms with Gasteiger partial charge < -0.3 is 10.6 Å². The molecule has 3 atom stereocenters. The van der Waals surface area contributed by atoms with Gasteiger partial charge in [0, 0.05) is 22.3 Å². The molecule has 2 aliphatic rings. The highest BCUT2D eigenvalue weighted by molar-refractivity contribution is 8.00. The quantitative estimate of drug-likeness (QED) is 0.130. The van der Waals surface area contributed by atoms with Crippen LogP contribution in [0.25, 0.3) is 10.4 Å². The summed E-state index contributed by atoms with van der Waals surface area (Å²) in [6, 6.07) is 0.300. The molecule has 2 heterocycles. The number of amides is 4. The minimum Gasteiger partial charge on any atom is -0.332 e. The predicted molar refractivity (Wildman–Crippen MR) is 84.3 cm³/mol. The number of fused-ring (bicyclic) bond motifs is 1. The van der Waals surface area contributed by atoms with Crippen molar-refractivity contribution in [3.63, 3.8) is 0 Å². The van der Waals surface area contributed by atoms with Gasteiger partial charge in [-0.1, -0.05) is 11.5 Å². The van der Waals surface area contributed by atoms with Crippen LogP contribution in [0, 0.1) is 0 Å². The molecule has 126 valence electrons. The zero-order chi connectivity index (χ0) is 16.7.